The van der Waals surface area contributed by atoms with E-state index < -0.39 is 5.97 Å². The average molecular weight is 401 g/mol. The Labute approximate surface area is 168 Å². The van der Waals surface area contributed by atoms with Crippen LogP contribution in [0, 0.1) is 0 Å². The number of thioether (sulfide) groups is 1. The lowest BCUT2D eigenvalue weighted by atomic mass is 10.2. The molecule has 1 fully saturated rings. The number of amides is 1. The lowest BCUT2D eigenvalue weighted by Crippen LogP contribution is -2.21. The third-order valence-electron chi connectivity index (χ3n) is 4.27. The molecular weight excluding hydrogens is 378 g/mol. The molecule has 0 aliphatic carbocycles. The second kappa shape index (κ2) is 10.1. The fourth-order valence-electron chi connectivity index (χ4n) is 2.80. The quantitative estimate of drug-likeness (QED) is 0.536. The molecule has 7 heteroatoms. The normalized spacial score (nSPS) is 15.8. The summed E-state index contributed by atoms with van der Waals surface area (Å²) in [5, 5.41) is 2.75. The summed E-state index contributed by atoms with van der Waals surface area (Å²) in [5.74, 6) is -0.274. The number of anilines is 1. The van der Waals surface area contributed by atoms with Crippen LogP contribution in [0.3, 0.4) is 0 Å². The first-order valence-electron chi connectivity index (χ1n) is 9.10. The van der Waals surface area contributed by atoms with E-state index in [1.807, 2.05) is 24.5 Å². The zero-order chi connectivity index (χ0) is 19.8. The third-order valence-corrected chi connectivity index (χ3v) is 5.06. The van der Waals surface area contributed by atoms with Gasteiger partial charge in [-0.25, -0.2) is 4.79 Å². The molecule has 1 aliphatic rings. The molecule has 1 heterocycles. The van der Waals surface area contributed by atoms with Gasteiger partial charge in [-0.2, -0.15) is 0 Å². The predicted octanol–water partition coefficient (Wildman–Crippen LogP) is 3.76. The number of rotatable bonds is 8. The van der Waals surface area contributed by atoms with Crippen LogP contribution in [-0.4, -0.2) is 44.1 Å². The van der Waals surface area contributed by atoms with E-state index in [9.17, 15) is 9.59 Å². The van der Waals surface area contributed by atoms with E-state index in [1.165, 1.54) is 11.8 Å². The van der Waals surface area contributed by atoms with E-state index in [2.05, 4.69) is 5.32 Å². The summed E-state index contributed by atoms with van der Waals surface area (Å²) < 4.78 is 16.3. The Morgan fingerprint density at radius 3 is 2.68 bits per heavy atom. The molecular formula is C21H23NO5S. The van der Waals surface area contributed by atoms with E-state index in [0.717, 1.165) is 24.3 Å². The van der Waals surface area contributed by atoms with Crippen LogP contribution < -0.4 is 10.1 Å². The fourth-order valence-corrected chi connectivity index (χ4v) is 3.35. The maximum Gasteiger partial charge on any atom is 0.338 e. The highest BCUT2D eigenvalue weighted by Gasteiger charge is 2.16. The standard InChI is InChI=1S/C21H23NO5S/c1-28-19-7-3-2-6-18(19)22-20(23)14-27-21(24)15-8-10-16(11-9-15)26-13-17-5-4-12-25-17/h2-3,6-11,17H,4-5,12-14H2,1H3,(H,22,23)/t17-/m0/s1. The SMILES string of the molecule is CSc1ccccc1NC(=O)COC(=O)c1ccc(OC[C@@H]2CCCO2)cc1. The second-order valence-corrected chi connectivity index (χ2v) is 7.14. The van der Waals surface area contributed by atoms with Crippen molar-refractivity contribution in [2.45, 2.75) is 23.8 Å². The Hall–Kier alpha value is -2.51. The average Bonchev–Trinajstić information content (AvgIpc) is 3.25. The molecule has 0 bridgehead atoms. The van der Waals surface area contributed by atoms with Crippen LogP contribution in [0.15, 0.2) is 53.4 Å². The van der Waals surface area contributed by atoms with Gasteiger partial charge in [0.2, 0.25) is 0 Å². The largest absolute Gasteiger partial charge is 0.491 e. The molecule has 0 saturated carbocycles. The number of carbonyl (C=O) groups is 2. The summed E-state index contributed by atoms with van der Waals surface area (Å²) in [5.41, 5.74) is 1.06. The molecule has 1 amide bonds. The molecule has 1 atom stereocenters. The van der Waals surface area contributed by atoms with Crippen molar-refractivity contribution in [1.82, 2.24) is 0 Å². The van der Waals surface area contributed by atoms with Gasteiger partial charge < -0.3 is 19.5 Å². The molecule has 2 aromatic rings. The van der Waals surface area contributed by atoms with Gasteiger partial charge in [-0.15, -0.1) is 11.8 Å². The number of nitrogens with one attached hydrogen (secondary N) is 1. The van der Waals surface area contributed by atoms with Crippen molar-refractivity contribution in [1.29, 1.82) is 0 Å². The monoisotopic (exact) mass is 401 g/mol. The number of para-hydroxylation sites is 1. The van der Waals surface area contributed by atoms with E-state index in [4.69, 9.17) is 14.2 Å². The van der Waals surface area contributed by atoms with Crippen LogP contribution in [0.25, 0.3) is 0 Å². The Balaban J connectivity index is 1.45. The van der Waals surface area contributed by atoms with Crippen molar-refractivity contribution in [2.24, 2.45) is 0 Å². The van der Waals surface area contributed by atoms with Crippen LogP contribution in [0.1, 0.15) is 23.2 Å². The van der Waals surface area contributed by atoms with Gasteiger partial charge in [0.05, 0.1) is 17.4 Å². The molecule has 0 unspecified atom stereocenters. The third kappa shape index (κ3) is 5.74. The number of esters is 1. The summed E-state index contributed by atoms with van der Waals surface area (Å²) in [6.45, 7) is 0.940. The van der Waals surface area contributed by atoms with Crippen LogP contribution >= 0.6 is 11.8 Å². The van der Waals surface area contributed by atoms with E-state index in [1.54, 1.807) is 30.3 Å². The Morgan fingerprint density at radius 1 is 1.18 bits per heavy atom. The smallest absolute Gasteiger partial charge is 0.338 e. The summed E-state index contributed by atoms with van der Waals surface area (Å²) in [6, 6.07) is 14.1. The first-order valence-corrected chi connectivity index (χ1v) is 10.3. The summed E-state index contributed by atoms with van der Waals surface area (Å²) >= 11 is 1.53. The van der Waals surface area contributed by atoms with Gasteiger partial charge in [0.25, 0.3) is 5.91 Å². The van der Waals surface area contributed by atoms with Crippen molar-refractivity contribution in [2.75, 3.05) is 31.4 Å². The van der Waals surface area contributed by atoms with Crippen LogP contribution in [0.2, 0.25) is 0 Å². The Kier molecular flexibility index (Phi) is 7.33. The van der Waals surface area contributed by atoms with Crippen LogP contribution in [0.4, 0.5) is 5.69 Å². The van der Waals surface area contributed by atoms with Crippen molar-refractivity contribution in [3.8, 4) is 5.75 Å². The molecule has 0 spiro atoms. The van der Waals surface area contributed by atoms with Gasteiger partial charge in [-0.05, 0) is 55.5 Å². The number of carbonyl (C=O) groups excluding carboxylic acids is 2. The maximum absolute atomic E-state index is 12.1. The molecule has 1 N–H and O–H groups in total. The molecule has 0 aromatic heterocycles. The summed E-state index contributed by atoms with van der Waals surface area (Å²) in [7, 11) is 0. The highest BCUT2D eigenvalue weighted by atomic mass is 32.2. The predicted molar refractivity (Wildman–Crippen MR) is 108 cm³/mol. The minimum absolute atomic E-state index is 0.138. The number of benzene rings is 2. The first kappa shape index (κ1) is 20.2. The number of ether oxygens (including phenoxy) is 3. The second-order valence-electron chi connectivity index (χ2n) is 6.30. The van der Waals surface area contributed by atoms with E-state index >= 15 is 0 Å². The number of hydrogen-bond donors (Lipinski definition) is 1. The van der Waals surface area contributed by atoms with Crippen molar-refractivity contribution in [3.05, 3.63) is 54.1 Å². The molecule has 0 radical (unpaired) electrons. The molecule has 6 nitrogen and oxygen atoms in total. The fraction of sp³-hybridized carbons (Fsp3) is 0.333. The van der Waals surface area contributed by atoms with Gasteiger partial charge in [-0.3, -0.25) is 4.79 Å². The van der Waals surface area contributed by atoms with Gasteiger partial charge in [0.15, 0.2) is 6.61 Å². The summed E-state index contributed by atoms with van der Waals surface area (Å²) in [6.07, 6.45) is 4.14. The highest BCUT2D eigenvalue weighted by Crippen LogP contribution is 2.24. The van der Waals surface area contributed by atoms with Gasteiger partial charge in [0, 0.05) is 11.5 Å². The molecule has 28 heavy (non-hydrogen) atoms. The Morgan fingerprint density at radius 2 is 1.96 bits per heavy atom. The van der Waals surface area contributed by atoms with Crippen molar-refractivity contribution < 1.29 is 23.8 Å². The summed E-state index contributed by atoms with van der Waals surface area (Å²) in [4.78, 5) is 25.1. The zero-order valence-corrected chi connectivity index (χ0v) is 16.5. The molecule has 1 saturated heterocycles. The van der Waals surface area contributed by atoms with E-state index in [0.29, 0.717) is 23.6 Å². The lowest BCUT2D eigenvalue weighted by molar-refractivity contribution is -0.119. The van der Waals surface area contributed by atoms with Crippen molar-refractivity contribution >= 4 is 29.3 Å². The zero-order valence-electron chi connectivity index (χ0n) is 15.7. The first-order chi connectivity index (χ1) is 13.7. The van der Waals surface area contributed by atoms with Crippen LogP contribution in [0.5, 0.6) is 5.75 Å². The molecule has 148 valence electrons. The van der Waals surface area contributed by atoms with Gasteiger partial charge in [-0.1, -0.05) is 12.1 Å². The van der Waals surface area contributed by atoms with E-state index in [-0.39, 0.29) is 18.6 Å². The van der Waals surface area contributed by atoms with Crippen LogP contribution in [-0.2, 0) is 14.3 Å². The molecule has 3 rings (SSSR count). The minimum atomic E-state index is -0.557. The van der Waals surface area contributed by atoms with Gasteiger partial charge in [0.1, 0.15) is 12.4 Å². The van der Waals surface area contributed by atoms with Crippen molar-refractivity contribution in [3.63, 3.8) is 0 Å². The number of hydrogen-bond acceptors (Lipinski definition) is 6. The minimum Gasteiger partial charge on any atom is -0.491 e. The lowest BCUT2D eigenvalue weighted by Gasteiger charge is -2.12. The Bertz CT molecular complexity index is 803. The maximum atomic E-state index is 12.1. The van der Waals surface area contributed by atoms with Gasteiger partial charge >= 0.3 is 5.97 Å². The topological polar surface area (TPSA) is 73.9 Å². The molecule has 2 aromatic carbocycles. The molecule has 1 aliphatic heterocycles. The highest BCUT2D eigenvalue weighted by molar-refractivity contribution is 7.98.